The van der Waals surface area contributed by atoms with Crippen molar-refractivity contribution in [1.82, 2.24) is 28.9 Å². The summed E-state index contributed by atoms with van der Waals surface area (Å²) in [6, 6.07) is 7.49. The van der Waals surface area contributed by atoms with Crippen LogP contribution in [0.1, 0.15) is 0 Å². The van der Waals surface area contributed by atoms with Gasteiger partial charge in [-0.1, -0.05) is 17.3 Å². The fourth-order valence-corrected chi connectivity index (χ4v) is 2.62. The van der Waals surface area contributed by atoms with Gasteiger partial charge in [-0.15, -0.1) is 5.10 Å². The Bertz CT molecular complexity index is 1040. The third-order valence-electron chi connectivity index (χ3n) is 3.60. The summed E-state index contributed by atoms with van der Waals surface area (Å²) in [7, 11) is 3.54. The van der Waals surface area contributed by atoms with E-state index in [-0.39, 0.29) is 5.56 Å². The molecule has 0 aliphatic heterocycles. The SMILES string of the molecule is Cn1cc(-c2ncn3c4ccccc4c(=O)n(C)c23)nn1. The smallest absolute Gasteiger partial charge is 0.261 e. The van der Waals surface area contributed by atoms with Crippen LogP contribution in [0.3, 0.4) is 0 Å². The van der Waals surface area contributed by atoms with Crippen LogP contribution >= 0.6 is 0 Å². The van der Waals surface area contributed by atoms with E-state index in [0.29, 0.717) is 22.4 Å². The van der Waals surface area contributed by atoms with Crippen molar-refractivity contribution in [3.63, 3.8) is 0 Å². The third-order valence-corrected chi connectivity index (χ3v) is 3.60. The van der Waals surface area contributed by atoms with E-state index in [9.17, 15) is 4.79 Å². The topological polar surface area (TPSA) is 70.0 Å². The molecule has 0 radical (unpaired) electrons. The van der Waals surface area contributed by atoms with E-state index < -0.39 is 0 Å². The zero-order valence-corrected chi connectivity index (χ0v) is 11.6. The molecule has 0 aliphatic rings. The highest BCUT2D eigenvalue weighted by Crippen LogP contribution is 2.22. The highest BCUT2D eigenvalue weighted by Gasteiger charge is 2.16. The maximum atomic E-state index is 12.5. The predicted molar refractivity (Wildman–Crippen MR) is 77.9 cm³/mol. The molecule has 4 aromatic rings. The Morgan fingerprint density at radius 1 is 1.14 bits per heavy atom. The van der Waals surface area contributed by atoms with Crippen LogP contribution in [0.4, 0.5) is 0 Å². The Balaban J connectivity index is 2.20. The Labute approximate surface area is 119 Å². The number of fused-ring (bicyclic) bond motifs is 3. The lowest BCUT2D eigenvalue weighted by molar-refractivity contribution is 0.715. The standard InChI is InChI=1S/C14H12N6O/c1-18-7-10(16-17-18)12-13-19(2)14(21)9-5-3-4-6-11(9)20(13)8-15-12/h3-8H,1-2H3. The van der Waals surface area contributed by atoms with E-state index in [1.54, 1.807) is 35.9 Å². The van der Waals surface area contributed by atoms with E-state index in [1.807, 2.05) is 28.7 Å². The summed E-state index contributed by atoms with van der Waals surface area (Å²) in [5.74, 6) is 0. The van der Waals surface area contributed by atoms with Crippen LogP contribution in [0.15, 0.2) is 41.6 Å². The first-order chi connectivity index (χ1) is 10.2. The predicted octanol–water partition coefficient (Wildman–Crippen LogP) is 0.982. The third kappa shape index (κ3) is 1.54. The van der Waals surface area contributed by atoms with Crippen molar-refractivity contribution in [2.24, 2.45) is 14.1 Å². The number of hydrogen-bond donors (Lipinski definition) is 0. The maximum absolute atomic E-state index is 12.5. The molecular weight excluding hydrogens is 268 g/mol. The van der Waals surface area contributed by atoms with Gasteiger partial charge in [0.2, 0.25) is 0 Å². The van der Waals surface area contributed by atoms with Gasteiger partial charge in [-0.3, -0.25) is 18.4 Å². The molecule has 3 aromatic heterocycles. The highest BCUT2D eigenvalue weighted by molar-refractivity contribution is 5.84. The second-order valence-corrected chi connectivity index (χ2v) is 4.95. The average molecular weight is 280 g/mol. The fourth-order valence-electron chi connectivity index (χ4n) is 2.62. The van der Waals surface area contributed by atoms with Crippen molar-refractivity contribution in [1.29, 1.82) is 0 Å². The monoisotopic (exact) mass is 280 g/mol. The molecule has 0 aliphatic carbocycles. The largest absolute Gasteiger partial charge is 0.295 e. The minimum absolute atomic E-state index is 0.0521. The molecule has 4 rings (SSSR count). The second-order valence-electron chi connectivity index (χ2n) is 4.95. The summed E-state index contributed by atoms with van der Waals surface area (Å²) >= 11 is 0. The summed E-state index contributed by atoms with van der Waals surface area (Å²) in [6.45, 7) is 0. The molecule has 0 N–H and O–H groups in total. The number of benzene rings is 1. The lowest BCUT2D eigenvalue weighted by atomic mass is 10.2. The van der Waals surface area contributed by atoms with Gasteiger partial charge in [0, 0.05) is 14.1 Å². The maximum Gasteiger partial charge on any atom is 0.261 e. The van der Waals surface area contributed by atoms with Gasteiger partial charge in [-0.25, -0.2) is 4.98 Å². The molecule has 0 saturated heterocycles. The number of aryl methyl sites for hydroxylation is 2. The Morgan fingerprint density at radius 3 is 2.71 bits per heavy atom. The first-order valence-corrected chi connectivity index (χ1v) is 6.48. The van der Waals surface area contributed by atoms with Gasteiger partial charge < -0.3 is 0 Å². The number of nitrogens with zero attached hydrogens (tertiary/aromatic N) is 6. The van der Waals surface area contributed by atoms with Gasteiger partial charge in [0.05, 0.1) is 17.1 Å². The first kappa shape index (κ1) is 11.8. The zero-order chi connectivity index (χ0) is 14.6. The molecule has 0 spiro atoms. The summed E-state index contributed by atoms with van der Waals surface area (Å²) in [5, 5.41) is 8.67. The minimum atomic E-state index is -0.0521. The molecule has 104 valence electrons. The van der Waals surface area contributed by atoms with E-state index >= 15 is 0 Å². The molecule has 21 heavy (non-hydrogen) atoms. The summed E-state index contributed by atoms with van der Waals surface area (Å²) in [5.41, 5.74) is 2.78. The van der Waals surface area contributed by atoms with Crippen molar-refractivity contribution in [3.8, 4) is 11.4 Å². The minimum Gasteiger partial charge on any atom is -0.295 e. The molecule has 0 bridgehead atoms. The van der Waals surface area contributed by atoms with Crippen molar-refractivity contribution in [2.75, 3.05) is 0 Å². The summed E-state index contributed by atoms with van der Waals surface area (Å²) < 4.78 is 5.11. The fraction of sp³-hybridized carbons (Fsp3) is 0.143. The second kappa shape index (κ2) is 4.02. The molecule has 0 unspecified atom stereocenters. The molecule has 1 aromatic carbocycles. The van der Waals surface area contributed by atoms with E-state index in [2.05, 4.69) is 15.3 Å². The number of aromatic nitrogens is 6. The van der Waals surface area contributed by atoms with Gasteiger partial charge >= 0.3 is 0 Å². The molecule has 0 fully saturated rings. The van der Waals surface area contributed by atoms with Crippen LogP contribution in [-0.4, -0.2) is 28.9 Å². The van der Waals surface area contributed by atoms with E-state index in [4.69, 9.17) is 0 Å². The van der Waals surface area contributed by atoms with Gasteiger partial charge in [0.25, 0.3) is 5.56 Å². The highest BCUT2D eigenvalue weighted by atomic mass is 16.1. The van der Waals surface area contributed by atoms with Crippen molar-refractivity contribution < 1.29 is 0 Å². The van der Waals surface area contributed by atoms with Crippen molar-refractivity contribution in [2.45, 2.75) is 0 Å². The van der Waals surface area contributed by atoms with Gasteiger partial charge in [-0.05, 0) is 12.1 Å². The molecule has 0 amide bonds. The Kier molecular flexibility index (Phi) is 2.26. The van der Waals surface area contributed by atoms with E-state index in [1.165, 1.54) is 0 Å². The van der Waals surface area contributed by atoms with Crippen LogP contribution < -0.4 is 5.56 Å². The average Bonchev–Trinajstić information content (AvgIpc) is 3.11. The molecule has 0 atom stereocenters. The number of para-hydroxylation sites is 1. The van der Waals surface area contributed by atoms with Gasteiger partial charge in [-0.2, -0.15) is 0 Å². The number of imidazole rings is 1. The summed E-state index contributed by atoms with van der Waals surface area (Å²) in [4.78, 5) is 16.9. The van der Waals surface area contributed by atoms with Crippen molar-refractivity contribution in [3.05, 3.63) is 47.1 Å². The van der Waals surface area contributed by atoms with Crippen LogP contribution in [0, 0.1) is 0 Å². The van der Waals surface area contributed by atoms with Crippen LogP contribution in [0.2, 0.25) is 0 Å². The van der Waals surface area contributed by atoms with Crippen molar-refractivity contribution >= 4 is 16.6 Å². The number of hydrogen-bond acceptors (Lipinski definition) is 4. The first-order valence-electron chi connectivity index (χ1n) is 6.48. The quantitative estimate of drug-likeness (QED) is 0.521. The normalized spacial score (nSPS) is 11.5. The number of rotatable bonds is 1. The summed E-state index contributed by atoms with van der Waals surface area (Å²) in [6.07, 6.45) is 3.49. The van der Waals surface area contributed by atoms with Crippen LogP contribution in [-0.2, 0) is 14.1 Å². The lowest BCUT2D eigenvalue weighted by Gasteiger charge is -2.07. The van der Waals surface area contributed by atoms with Crippen LogP contribution in [0.5, 0.6) is 0 Å². The molecule has 7 nitrogen and oxygen atoms in total. The van der Waals surface area contributed by atoms with Gasteiger partial charge in [0.15, 0.2) is 0 Å². The molecule has 7 heteroatoms. The lowest BCUT2D eigenvalue weighted by Crippen LogP contribution is -2.19. The Hall–Kier alpha value is -2.96. The molecule has 3 heterocycles. The Morgan fingerprint density at radius 2 is 1.95 bits per heavy atom. The zero-order valence-electron chi connectivity index (χ0n) is 11.6. The molecule has 0 saturated carbocycles. The van der Waals surface area contributed by atoms with Gasteiger partial charge in [0.1, 0.15) is 23.4 Å². The molecular formula is C14H12N6O. The van der Waals surface area contributed by atoms with E-state index in [0.717, 1.165) is 5.52 Å². The van der Waals surface area contributed by atoms with Crippen LogP contribution in [0.25, 0.3) is 27.9 Å².